The van der Waals surface area contributed by atoms with E-state index in [2.05, 4.69) is 312 Å². The quantitative estimate of drug-likeness (QED) is 0.122. The molecule has 0 aliphatic carbocycles. The predicted molar refractivity (Wildman–Crippen MR) is 363 cm³/mol. The van der Waals surface area contributed by atoms with Crippen LogP contribution in [0.25, 0.3) is 157 Å². The normalized spacial score (nSPS) is 11.4. The molecule has 6 nitrogen and oxygen atoms in total. The van der Waals surface area contributed by atoms with Crippen molar-refractivity contribution in [2.45, 2.75) is 0 Å². The topological polar surface area (TPSA) is 61.4 Å². The van der Waals surface area contributed by atoms with Crippen molar-refractivity contribution in [2.75, 3.05) is 0 Å². The van der Waals surface area contributed by atoms with Crippen LogP contribution in [0.3, 0.4) is 0 Å². The first-order valence-electron chi connectivity index (χ1n) is 29.8. The Balaban J connectivity index is 0.823. The molecule has 3 heterocycles. The van der Waals surface area contributed by atoms with Gasteiger partial charge in [0.05, 0.1) is 44.5 Å². The van der Waals surface area contributed by atoms with Crippen molar-refractivity contribution in [1.29, 1.82) is 0 Å². The summed E-state index contributed by atoms with van der Waals surface area (Å²) in [5, 5.41) is 0. The molecule has 3 aromatic heterocycles. The molecule has 0 aliphatic rings. The van der Waals surface area contributed by atoms with Gasteiger partial charge >= 0.3 is 0 Å². The van der Waals surface area contributed by atoms with Gasteiger partial charge in [-0.3, -0.25) is 9.13 Å². The molecule has 0 unspecified atom stereocenters. The number of imidazole rings is 2. The number of hydrogen-bond acceptors (Lipinski definition) is 4. The van der Waals surface area contributed by atoms with E-state index in [0.29, 0.717) is 0 Å². The molecular weight excluding hydrogens is 1070 g/mol. The highest BCUT2D eigenvalue weighted by Gasteiger charge is 2.22. The summed E-state index contributed by atoms with van der Waals surface area (Å²) in [6.07, 6.45) is 0. The molecule has 0 saturated carbocycles. The Bertz CT molecular complexity index is 4860. The lowest BCUT2D eigenvalue weighted by Gasteiger charge is -2.17. The number of benzene rings is 13. The zero-order valence-corrected chi connectivity index (χ0v) is 47.9. The maximum absolute atomic E-state index is 5.85. The van der Waals surface area contributed by atoms with E-state index in [0.717, 1.165) is 157 Å². The van der Waals surface area contributed by atoms with Crippen LogP contribution in [-0.2, 0) is 0 Å². The van der Waals surface area contributed by atoms with Gasteiger partial charge in [0.15, 0.2) is 0 Å². The summed E-state index contributed by atoms with van der Waals surface area (Å²) in [6.45, 7) is 0. The number of aromatic nitrogens is 6. The maximum atomic E-state index is 5.85. The van der Waals surface area contributed by atoms with E-state index in [-0.39, 0.29) is 0 Å². The molecule has 0 saturated heterocycles. The summed E-state index contributed by atoms with van der Waals surface area (Å²) in [5.74, 6) is 1.80. The van der Waals surface area contributed by atoms with Crippen LogP contribution in [0, 0.1) is 0 Å². The summed E-state index contributed by atoms with van der Waals surface area (Å²) >= 11 is 0. The largest absolute Gasteiger partial charge is 0.292 e. The van der Waals surface area contributed by atoms with Crippen LogP contribution >= 0.6 is 0 Å². The molecule has 6 heteroatoms. The highest BCUT2D eigenvalue weighted by molar-refractivity contribution is 6.04. The molecule has 0 N–H and O–H groups in total. The van der Waals surface area contributed by atoms with Crippen molar-refractivity contribution in [2.24, 2.45) is 0 Å². The van der Waals surface area contributed by atoms with Gasteiger partial charge < -0.3 is 0 Å². The molecule has 412 valence electrons. The van der Waals surface area contributed by atoms with Crippen LogP contribution in [0.4, 0.5) is 0 Å². The van der Waals surface area contributed by atoms with E-state index < -0.39 is 0 Å². The molecule has 0 bridgehead atoms. The van der Waals surface area contributed by atoms with Crippen molar-refractivity contribution in [3.8, 4) is 123 Å². The second-order valence-electron chi connectivity index (χ2n) is 22.2. The fraction of sp³-hybridized carbons (Fsp3) is 0. The van der Waals surface area contributed by atoms with Gasteiger partial charge in [0.1, 0.15) is 11.6 Å². The Labute approximate surface area is 510 Å². The average molecular weight is 1120 g/mol. The fourth-order valence-electron chi connectivity index (χ4n) is 12.4. The van der Waals surface area contributed by atoms with Gasteiger partial charge in [-0.2, -0.15) is 0 Å². The van der Waals surface area contributed by atoms with Crippen molar-refractivity contribution in [3.05, 3.63) is 328 Å². The first-order chi connectivity index (χ1) is 43.6. The van der Waals surface area contributed by atoms with Crippen molar-refractivity contribution >= 4 is 33.1 Å². The smallest absolute Gasteiger partial charge is 0.145 e. The van der Waals surface area contributed by atoms with Crippen LogP contribution < -0.4 is 0 Å². The number of para-hydroxylation sites is 6. The standard InChI is InChI=1S/C82H54N6/c1-5-19-55(20-6-1)65-23-17-25-67(53-65)71-51-52-72(68-26-18-24-66(54-68)56-21-7-2-8-22-56)80-79(71)85-77(61-43-35-57(36-44-61)59-39-47-63(48-40-59)81-83-73-31-13-15-33-75(73)87(81)69-27-9-3-10-28-69)78(86-80)62-45-37-58(38-46-62)60-41-49-64(50-42-60)82-84-74-32-14-16-34-76(74)88(82)70-29-11-4-12-30-70/h1-54H. The zero-order valence-electron chi connectivity index (χ0n) is 47.9. The summed E-state index contributed by atoms with van der Waals surface area (Å²) in [6, 6.07) is 116. The van der Waals surface area contributed by atoms with Crippen LogP contribution in [0.1, 0.15) is 0 Å². The third-order valence-corrected chi connectivity index (χ3v) is 16.8. The Morgan fingerprint density at radius 2 is 0.477 bits per heavy atom. The van der Waals surface area contributed by atoms with Gasteiger partial charge in [-0.15, -0.1) is 0 Å². The molecule has 0 amide bonds. The van der Waals surface area contributed by atoms with E-state index in [1.54, 1.807) is 0 Å². The molecule has 0 atom stereocenters. The van der Waals surface area contributed by atoms with Gasteiger partial charge in [0, 0.05) is 44.8 Å². The van der Waals surface area contributed by atoms with E-state index in [1.165, 1.54) is 0 Å². The van der Waals surface area contributed by atoms with E-state index in [1.807, 2.05) is 24.3 Å². The minimum absolute atomic E-state index is 0.795. The first-order valence-corrected chi connectivity index (χ1v) is 29.8. The number of rotatable bonds is 12. The van der Waals surface area contributed by atoms with Crippen molar-refractivity contribution < 1.29 is 0 Å². The summed E-state index contributed by atoms with van der Waals surface area (Å²) < 4.78 is 4.49. The molecule has 16 aromatic rings. The molecule has 88 heavy (non-hydrogen) atoms. The van der Waals surface area contributed by atoms with E-state index in [4.69, 9.17) is 19.9 Å². The van der Waals surface area contributed by atoms with Gasteiger partial charge in [-0.1, -0.05) is 267 Å². The van der Waals surface area contributed by atoms with Gasteiger partial charge in [-0.05, 0) is 116 Å². The minimum Gasteiger partial charge on any atom is -0.292 e. The fourth-order valence-corrected chi connectivity index (χ4v) is 12.4. The van der Waals surface area contributed by atoms with Crippen LogP contribution in [-0.4, -0.2) is 29.1 Å². The molecule has 16 rings (SSSR count). The molecule has 0 spiro atoms. The number of nitrogens with zero attached hydrogens (tertiary/aromatic N) is 6. The van der Waals surface area contributed by atoms with Crippen molar-refractivity contribution in [3.63, 3.8) is 0 Å². The lowest BCUT2D eigenvalue weighted by Crippen LogP contribution is -1.99. The van der Waals surface area contributed by atoms with Crippen LogP contribution in [0.15, 0.2) is 328 Å². The zero-order chi connectivity index (χ0) is 58.3. The number of fused-ring (bicyclic) bond motifs is 3. The van der Waals surface area contributed by atoms with Crippen molar-refractivity contribution in [1.82, 2.24) is 29.1 Å². The molecule has 0 fully saturated rings. The second-order valence-corrected chi connectivity index (χ2v) is 22.2. The summed E-state index contributed by atoms with van der Waals surface area (Å²) in [5.41, 5.74) is 26.5. The Kier molecular flexibility index (Phi) is 13.1. The van der Waals surface area contributed by atoms with Gasteiger partial charge in [0.25, 0.3) is 0 Å². The van der Waals surface area contributed by atoms with Crippen LogP contribution in [0.2, 0.25) is 0 Å². The lowest BCUT2D eigenvalue weighted by molar-refractivity contribution is 1.10. The average Bonchev–Trinajstić information content (AvgIpc) is 1.13. The third-order valence-electron chi connectivity index (χ3n) is 16.8. The Morgan fingerprint density at radius 3 is 0.852 bits per heavy atom. The highest BCUT2D eigenvalue weighted by atomic mass is 15.1. The minimum atomic E-state index is 0.795. The molecular formula is C82H54N6. The highest BCUT2D eigenvalue weighted by Crippen LogP contribution is 2.42. The number of hydrogen-bond donors (Lipinski definition) is 0. The predicted octanol–water partition coefficient (Wildman–Crippen LogP) is 21.0. The maximum Gasteiger partial charge on any atom is 0.145 e. The van der Waals surface area contributed by atoms with E-state index >= 15 is 0 Å². The van der Waals surface area contributed by atoms with E-state index in [9.17, 15) is 0 Å². The second kappa shape index (κ2) is 22.3. The third kappa shape index (κ3) is 9.61. The summed E-state index contributed by atoms with van der Waals surface area (Å²) in [7, 11) is 0. The van der Waals surface area contributed by atoms with Crippen LogP contribution in [0.5, 0.6) is 0 Å². The SMILES string of the molecule is c1ccc(-c2cccc(-c3ccc(-c4cccc(-c5ccccc5)c4)c4nc(-c5ccc(-c6ccc(-c7nc8ccccc8n7-c7ccccc7)cc6)cc5)c(-c5ccc(-c6ccc(-c7nc8ccccc8n7-c7ccccc7)cc6)cc5)nc34)c2)cc1. The molecule has 13 aromatic carbocycles. The monoisotopic (exact) mass is 1120 g/mol. The van der Waals surface area contributed by atoms with Gasteiger partial charge in [0.2, 0.25) is 0 Å². The lowest BCUT2D eigenvalue weighted by atomic mass is 9.93. The molecule has 0 radical (unpaired) electrons. The Hall–Kier alpha value is -11.9. The first kappa shape index (κ1) is 51.8. The Morgan fingerprint density at radius 1 is 0.193 bits per heavy atom. The molecule has 0 aliphatic heterocycles. The van der Waals surface area contributed by atoms with Gasteiger partial charge in [-0.25, -0.2) is 19.9 Å². The summed E-state index contributed by atoms with van der Waals surface area (Å²) in [4.78, 5) is 22.0.